The average Bonchev–Trinajstić information content (AvgIpc) is 2.56. The number of ether oxygens (including phenoxy) is 1. The molecule has 4 heteroatoms. The minimum absolute atomic E-state index is 0.00612. The number of phenols is 2. The van der Waals surface area contributed by atoms with Crippen LogP contribution in [-0.2, 0) is 20.4 Å². The van der Waals surface area contributed by atoms with Gasteiger partial charge in [0, 0.05) is 11.1 Å². The molecule has 0 bridgehead atoms. The van der Waals surface area contributed by atoms with Gasteiger partial charge in [-0.25, -0.2) is 0 Å². The summed E-state index contributed by atoms with van der Waals surface area (Å²) in [5, 5.41) is 21.2. The molecule has 0 heterocycles. The lowest BCUT2D eigenvalue weighted by Crippen LogP contribution is -2.20. The van der Waals surface area contributed by atoms with Gasteiger partial charge in [0.15, 0.2) is 0 Å². The summed E-state index contributed by atoms with van der Waals surface area (Å²) in [7, 11) is 0. The first kappa shape index (κ1) is 21.8. The van der Waals surface area contributed by atoms with Gasteiger partial charge in [0.05, 0.1) is 6.61 Å². The van der Waals surface area contributed by atoms with Gasteiger partial charge >= 0.3 is 5.97 Å². The van der Waals surface area contributed by atoms with Crippen molar-refractivity contribution in [3.05, 3.63) is 58.7 Å². The Kier molecular flexibility index (Phi) is 6.12. The van der Waals surface area contributed by atoms with Crippen LogP contribution >= 0.6 is 0 Å². The van der Waals surface area contributed by atoms with Crippen LogP contribution in [0.1, 0.15) is 76.6 Å². The normalized spacial score (nSPS) is 12.3. The van der Waals surface area contributed by atoms with E-state index < -0.39 is 11.9 Å². The quantitative estimate of drug-likeness (QED) is 0.694. The highest BCUT2D eigenvalue weighted by Crippen LogP contribution is 2.40. The van der Waals surface area contributed by atoms with Crippen molar-refractivity contribution in [3.8, 4) is 11.5 Å². The van der Waals surface area contributed by atoms with Gasteiger partial charge in [-0.1, -0.05) is 65.8 Å². The fourth-order valence-electron chi connectivity index (χ4n) is 3.15. The van der Waals surface area contributed by atoms with Crippen molar-refractivity contribution in [2.45, 2.75) is 65.2 Å². The maximum Gasteiger partial charge on any atom is 0.318 e. The largest absolute Gasteiger partial charge is 0.508 e. The Morgan fingerprint density at radius 1 is 0.857 bits per heavy atom. The second-order valence-corrected chi connectivity index (χ2v) is 9.23. The lowest BCUT2D eigenvalue weighted by atomic mass is 9.80. The molecule has 0 aliphatic carbocycles. The summed E-state index contributed by atoms with van der Waals surface area (Å²) in [6.07, 6.45) is 0. The van der Waals surface area contributed by atoms with Crippen molar-refractivity contribution in [2.75, 3.05) is 6.61 Å². The smallest absolute Gasteiger partial charge is 0.318 e. The number of esters is 1. The van der Waals surface area contributed by atoms with E-state index in [1.165, 1.54) is 0 Å². The van der Waals surface area contributed by atoms with Crippen molar-refractivity contribution < 1.29 is 19.7 Å². The molecular weight excluding hydrogens is 352 g/mol. The summed E-state index contributed by atoms with van der Waals surface area (Å²) in [6, 6.07) is 10.6. The molecule has 0 spiro atoms. The number of rotatable bonds is 4. The molecule has 0 aromatic heterocycles. The Bertz CT molecular complexity index is 790. The fraction of sp³-hybridized carbons (Fsp3) is 0.458. The predicted molar refractivity (Wildman–Crippen MR) is 112 cm³/mol. The van der Waals surface area contributed by atoms with Gasteiger partial charge in [0.25, 0.3) is 0 Å². The summed E-state index contributed by atoms with van der Waals surface area (Å²) in [5.41, 5.74) is 2.54. The van der Waals surface area contributed by atoms with Crippen LogP contribution in [0.25, 0.3) is 0 Å². The molecule has 0 atom stereocenters. The van der Waals surface area contributed by atoms with Crippen LogP contribution in [0.2, 0.25) is 0 Å². The second-order valence-electron chi connectivity index (χ2n) is 9.23. The second kappa shape index (κ2) is 7.86. The molecule has 0 radical (unpaired) electrons. The van der Waals surface area contributed by atoms with Crippen LogP contribution in [0, 0.1) is 0 Å². The molecule has 0 aliphatic heterocycles. The molecule has 0 saturated heterocycles. The SMILES string of the molecule is CCOC(=O)C(c1cc(C(C)(C)C)ccc1O)c1cc(C(C)(C)C)ccc1O. The average molecular weight is 385 g/mol. The number of phenolic OH excluding ortho intramolecular Hbond substituents is 2. The number of aromatic hydroxyl groups is 2. The van der Waals surface area contributed by atoms with E-state index in [1.807, 2.05) is 24.3 Å². The van der Waals surface area contributed by atoms with Gasteiger partial charge in [-0.2, -0.15) is 0 Å². The first-order valence-electron chi connectivity index (χ1n) is 9.69. The Hall–Kier alpha value is -2.49. The van der Waals surface area contributed by atoms with Crippen LogP contribution in [-0.4, -0.2) is 22.8 Å². The molecule has 2 rings (SSSR count). The third-order valence-electron chi connectivity index (χ3n) is 4.93. The topological polar surface area (TPSA) is 66.8 Å². The van der Waals surface area contributed by atoms with Crippen LogP contribution < -0.4 is 0 Å². The molecule has 0 fully saturated rings. The number of benzene rings is 2. The summed E-state index contributed by atoms with van der Waals surface area (Å²) in [6.45, 7) is 14.4. The number of hydrogen-bond donors (Lipinski definition) is 2. The van der Waals surface area contributed by atoms with Crippen LogP contribution in [0.15, 0.2) is 36.4 Å². The van der Waals surface area contributed by atoms with E-state index in [0.29, 0.717) is 11.1 Å². The van der Waals surface area contributed by atoms with E-state index >= 15 is 0 Å². The van der Waals surface area contributed by atoms with Gasteiger partial charge < -0.3 is 14.9 Å². The minimum atomic E-state index is -0.912. The molecule has 2 N–H and O–H groups in total. The van der Waals surface area contributed by atoms with Crippen molar-refractivity contribution in [1.82, 2.24) is 0 Å². The molecule has 152 valence electrons. The van der Waals surface area contributed by atoms with Crippen LogP contribution in [0.5, 0.6) is 11.5 Å². The summed E-state index contributed by atoms with van der Waals surface area (Å²) < 4.78 is 5.31. The number of carbonyl (C=O) groups is 1. The van der Waals surface area contributed by atoms with E-state index in [4.69, 9.17) is 4.74 Å². The van der Waals surface area contributed by atoms with Gasteiger partial charge in [0.1, 0.15) is 17.4 Å². The Morgan fingerprint density at radius 3 is 1.57 bits per heavy atom. The van der Waals surface area contributed by atoms with Crippen molar-refractivity contribution in [3.63, 3.8) is 0 Å². The third-order valence-corrected chi connectivity index (χ3v) is 4.93. The summed E-state index contributed by atoms with van der Waals surface area (Å²) in [5.74, 6) is -1.40. The van der Waals surface area contributed by atoms with E-state index in [9.17, 15) is 15.0 Å². The lowest BCUT2D eigenvalue weighted by molar-refractivity contribution is -0.143. The van der Waals surface area contributed by atoms with E-state index in [0.717, 1.165) is 11.1 Å². The Balaban J connectivity index is 2.74. The van der Waals surface area contributed by atoms with Gasteiger partial charge in [-0.3, -0.25) is 4.79 Å². The maximum absolute atomic E-state index is 12.9. The zero-order chi connectivity index (χ0) is 21.3. The Labute approximate surface area is 168 Å². The molecule has 28 heavy (non-hydrogen) atoms. The van der Waals surface area contributed by atoms with Gasteiger partial charge in [0.2, 0.25) is 0 Å². The molecule has 2 aromatic carbocycles. The fourth-order valence-corrected chi connectivity index (χ4v) is 3.15. The molecule has 0 amide bonds. The standard InChI is InChI=1S/C24H32O4/c1-8-28-22(27)21(17-13-15(23(2,3)4)9-11-19(17)25)18-14-16(24(5,6)7)10-12-20(18)26/h9-14,21,25-26H,8H2,1-7H3. The molecular formula is C24H32O4. The number of hydrogen-bond acceptors (Lipinski definition) is 4. The monoisotopic (exact) mass is 384 g/mol. The van der Waals surface area contributed by atoms with E-state index in [2.05, 4.69) is 41.5 Å². The van der Waals surface area contributed by atoms with Crippen LogP contribution in [0.3, 0.4) is 0 Å². The lowest BCUT2D eigenvalue weighted by Gasteiger charge is -2.25. The van der Waals surface area contributed by atoms with E-state index in [-0.39, 0.29) is 28.9 Å². The summed E-state index contributed by atoms with van der Waals surface area (Å²) >= 11 is 0. The summed E-state index contributed by atoms with van der Waals surface area (Å²) in [4.78, 5) is 12.9. The zero-order valence-electron chi connectivity index (χ0n) is 18.0. The highest BCUT2D eigenvalue weighted by atomic mass is 16.5. The van der Waals surface area contributed by atoms with Gasteiger partial charge in [-0.05, 0) is 41.0 Å². The molecule has 4 nitrogen and oxygen atoms in total. The third kappa shape index (κ3) is 4.67. The minimum Gasteiger partial charge on any atom is -0.508 e. The first-order chi connectivity index (χ1) is 12.9. The zero-order valence-corrected chi connectivity index (χ0v) is 18.0. The van der Waals surface area contributed by atoms with Crippen molar-refractivity contribution in [2.24, 2.45) is 0 Å². The molecule has 2 aromatic rings. The Morgan fingerprint density at radius 2 is 1.25 bits per heavy atom. The molecule has 0 aliphatic rings. The van der Waals surface area contributed by atoms with Crippen molar-refractivity contribution in [1.29, 1.82) is 0 Å². The van der Waals surface area contributed by atoms with Gasteiger partial charge in [-0.15, -0.1) is 0 Å². The van der Waals surface area contributed by atoms with E-state index in [1.54, 1.807) is 19.1 Å². The molecule has 0 unspecified atom stereocenters. The van der Waals surface area contributed by atoms with Crippen molar-refractivity contribution >= 4 is 5.97 Å². The predicted octanol–water partition coefficient (Wildman–Crippen LogP) is 5.39. The highest BCUT2D eigenvalue weighted by molar-refractivity contribution is 5.84. The maximum atomic E-state index is 12.9. The van der Waals surface area contributed by atoms with Crippen LogP contribution in [0.4, 0.5) is 0 Å². The highest BCUT2D eigenvalue weighted by Gasteiger charge is 2.31. The number of carbonyl (C=O) groups excluding carboxylic acids is 1. The first-order valence-corrected chi connectivity index (χ1v) is 9.69. The molecule has 0 saturated carbocycles.